The van der Waals surface area contributed by atoms with E-state index in [0.717, 1.165) is 11.3 Å². The first-order valence-electron chi connectivity index (χ1n) is 4.66. The standard InChI is InChI=1S/C9H10N2O5S/c1-5-6(11(15)16)4-7(17-5)9(14)10-3-2-8(12)13/h4H,2-3H2,1H3,(H,10,14)(H,12,13). The fraction of sp³-hybridized carbons (Fsp3) is 0.333. The summed E-state index contributed by atoms with van der Waals surface area (Å²) in [7, 11) is 0. The zero-order chi connectivity index (χ0) is 13.0. The van der Waals surface area contributed by atoms with Crippen LogP contribution in [0.4, 0.5) is 5.69 Å². The smallest absolute Gasteiger partial charge is 0.305 e. The van der Waals surface area contributed by atoms with E-state index in [-0.39, 0.29) is 23.5 Å². The number of rotatable bonds is 5. The SMILES string of the molecule is Cc1sc(C(=O)NCCC(=O)O)cc1[N+](=O)[O-]. The van der Waals surface area contributed by atoms with Crippen molar-refractivity contribution in [1.29, 1.82) is 0 Å². The molecule has 1 heterocycles. The molecule has 1 amide bonds. The third-order valence-electron chi connectivity index (χ3n) is 1.94. The molecule has 0 aromatic carbocycles. The average Bonchev–Trinajstić information content (AvgIpc) is 2.59. The highest BCUT2D eigenvalue weighted by Gasteiger charge is 2.19. The minimum Gasteiger partial charge on any atom is -0.481 e. The zero-order valence-corrected chi connectivity index (χ0v) is 9.74. The summed E-state index contributed by atoms with van der Waals surface area (Å²) in [6.07, 6.45) is -0.182. The van der Waals surface area contributed by atoms with Gasteiger partial charge in [0.05, 0.1) is 21.1 Å². The lowest BCUT2D eigenvalue weighted by Gasteiger charge is -1.99. The highest BCUT2D eigenvalue weighted by Crippen LogP contribution is 2.27. The summed E-state index contributed by atoms with van der Waals surface area (Å²) >= 11 is 1.01. The number of nitrogens with zero attached hydrogens (tertiary/aromatic N) is 1. The van der Waals surface area contributed by atoms with Gasteiger partial charge in [-0.05, 0) is 6.92 Å². The number of nitrogens with one attached hydrogen (secondary N) is 1. The molecule has 0 spiro atoms. The van der Waals surface area contributed by atoms with Gasteiger partial charge in [0, 0.05) is 12.6 Å². The Morgan fingerprint density at radius 1 is 1.59 bits per heavy atom. The van der Waals surface area contributed by atoms with E-state index in [1.807, 2.05) is 0 Å². The van der Waals surface area contributed by atoms with Crippen molar-refractivity contribution in [2.24, 2.45) is 0 Å². The molecule has 0 saturated carbocycles. The van der Waals surface area contributed by atoms with Crippen LogP contribution in [-0.4, -0.2) is 28.5 Å². The first-order chi connectivity index (χ1) is 7.91. The Morgan fingerprint density at radius 3 is 2.71 bits per heavy atom. The fourth-order valence-corrected chi connectivity index (χ4v) is 2.04. The van der Waals surface area contributed by atoms with Crippen LogP contribution in [0.15, 0.2) is 6.07 Å². The number of aliphatic carboxylic acids is 1. The van der Waals surface area contributed by atoms with E-state index in [2.05, 4.69) is 5.32 Å². The van der Waals surface area contributed by atoms with Gasteiger partial charge < -0.3 is 10.4 Å². The Balaban J connectivity index is 2.67. The van der Waals surface area contributed by atoms with Crippen molar-refractivity contribution in [1.82, 2.24) is 5.32 Å². The summed E-state index contributed by atoms with van der Waals surface area (Å²) < 4.78 is 0. The van der Waals surface area contributed by atoms with Crippen molar-refractivity contribution >= 4 is 28.9 Å². The number of carbonyl (C=O) groups is 2. The van der Waals surface area contributed by atoms with Crippen LogP contribution in [0.5, 0.6) is 0 Å². The molecule has 17 heavy (non-hydrogen) atoms. The molecule has 0 unspecified atom stereocenters. The summed E-state index contributed by atoms with van der Waals surface area (Å²) in [6, 6.07) is 1.19. The van der Waals surface area contributed by atoms with Crippen molar-refractivity contribution in [3.05, 3.63) is 25.9 Å². The number of hydrogen-bond donors (Lipinski definition) is 2. The molecule has 0 saturated heterocycles. The van der Waals surface area contributed by atoms with Gasteiger partial charge in [0.2, 0.25) is 0 Å². The van der Waals surface area contributed by atoms with Gasteiger partial charge in [0.25, 0.3) is 11.6 Å². The molecule has 0 aliphatic heterocycles. The quantitative estimate of drug-likeness (QED) is 0.608. The summed E-state index contributed by atoms with van der Waals surface area (Å²) in [5, 5.41) is 21.3. The lowest BCUT2D eigenvalue weighted by molar-refractivity contribution is -0.385. The Hall–Kier alpha value is -1.96. The number of amides is 1. The molecule has 8 heteroatoms. The molecule has 92 valence electrons. The average molecular weight is 258 g/mol. The van der Waals surface area contributed by atoms with Gasteiger partial charge in [0.15, 0.2) is 0 Å². The van der Waals surface area contributed by atoms with Gasteiger partial charge in [-0.2, -0.15) is 0 Å². The van der Waals surface area contributed by atoms with E-state index < -0.39 is 16.8 Å². The normalized spacial score (nSPS) is 9.94. The predicted octanol–water partition coefficient (Wildman–Crippen LogP) is 1.17. The highest BCUT2D eigenvalue weighted by molar-refractivity contribution is 7.14. The van der Waals surface area contributed by atoms with Crippen LogP contribution in [0, 0.1) is 17.0 Å². The minimum atomic E-state index is -1.02. The summed E-state index contributed by atoms with van der Waals surface area (Å²) in [5.74, 6) is -1.51. The van der Waals surface area contributed by atoms with E-state index >= 15 is 0 Å². The van der Waals surface area contributed by atoms with Gasteiger partial charge >= 0.3 is 5.97 Å². The first-order valence-corrected chi connectivity index (χ1v) is 5.48. The highest BCUT2D eigenvalue weighted by atomic mass is 32.1. The van der Waals surface area contributed by atoms with Gasteiger partial charge in [-0.25, -0.2) is 0 Å². The van der Waals surface area contributed by atoms with E-state index in [0.29, 0.717) is 4.88 Å². The lowest BCUT2D eigenvalue weighted by atomic mass is 10.3. The molecule has 1 rings (SSSR count). The van der Waals surface area contributed by atoms with Crippen LogP contribution < -0.4 is 5.32 Å². The monoisotopic (exact) mass is 258 g/mol. The Labute approximate surface area is 100 Å². The Morgan fingerprint density at radius 2 is 2.24 bits per heavy atom. The van der Waals surface area contributed by atoms with E-state index in [9.17, 15) is 19.7 Å². The molecule has 1 aromatic rings. The van der Waals surface area contributed by atoms with Crippen molar-refractivity contribution in [2.75, 3.05) is 6.54 Å². The maximum absolute atomic E-state index is 11.5. The summed E-state index contributed by atoms with van der Waals surface area (Å²) in [5.41, 5.74) is -0.0987. The number of hydrogen-bond acceptors (Lipinski definition) is 5. The van der Waals surface area contributed by atoms with Crippen LogP contribution in [0.2, 0.25) is 0 Å². The maximum atomic E-state index is 11.5. The number of carboxylic acid groups (broad SMARTS) is 1. The van der Waals surface area contributed by atoms with E-state index in [1.165, 1.54) is 6.07 Å². The molecule has 7 nitrogen and oxygen atoms in total. The van der Waals surface area contributed by atoms with Crippen molar-refractivity contribution in [2.45, 2.75) is 13.3 Å². The van der Waals surface area contributed by atoms with Gasteiger partial charge in [-0.1, -0.05) is 0 Å². The zero-order valence-electron chi connectivity index (χ0n) is 8.93. The van der Waals surface area contributed by atoms with Gasteiger partial charge in [0.1, 0.15) is 0 Å². The fourth-order valence-electron chi connectivity index (χ4n) is 1.14. The van der Waals surface area contributed by atoms with Crippen LogP contribution in [0.3, 0.4) is 0 Å². The van der Waals surface area contributed by atoms with E-state index in [1.54, 1.807) is 6.92 Å². The van der Waals surface area contributed by atoms with Crippen molar-refractivity contribution in [3.8, 4) is 0 Å². The van der Waals surface area contributed by atoms with Crippen LogP contribution in [0.25, 0.3) is 0 Å². The second kappa shape index (κ2) is 5.39. The number of carboxylic acids is 1. The molecule has 0 radical (unpaired) electrons. The van der Waals surface area contributed by atoms with Gasteiger partial charge in [-0.15, -0.1) is 11.3 Å². The molecule has 0 aliphatic rings. The Bertz CT molecular complexity index is 468. The largest absolute Gasteiger partial charge is 0.481 e. The van der Waals surface area contributed by atoms with Crippen molar-refractivity contribution < 1.29 is 19.6 Å². The number of nitro groups is 1. The molecule has 2 N–H and O–H groups in total. The minimum absolute atomic E-state index is 0.00108. The third-order valence-corrected chi connectivity index (χ3v) is 2.97. The number of thiophene rings is 1. The second-order valence-corrected chi connectivity index (χ2v) is 4.47. The maximum Gasteiger partial charge on any atom is 0.305 e. The lowest BCUT2D eigenvalue weighted by Crippen LogP contribution is -2.25. The summed E-state index contributed by atoms with van der Waals surface area (Å²) in [6.45, 7) is 1.55. The topological polar surface area (TPSA) is 110 Å². The van der Waals surface area contributed by atoms with Crippen LogP contribution in [-0.2, 0) is 4.79 Å². The second-order valence-electron chi connectivity index (χ2n) is 3.21. The molecular formula is C9H10N2O5S. The number of aryl methyl sites for hydroxylation is 1. The molecule has 0 atom stereocenters. The molecule has 1 aromatic heterocycles. The first kappa shape index (κ1) is 13.1. The predicted molar refractivity (Wildman–Crippen MR) is 60.3 cm³/mol. The molecular weight excluding hydrogens is 248 g/mol. The molecule has 0 bridgehead atoms. The Kier molecular flexibility index (Phi) is 4.16. The van der Waals surface area contributed by atoms with E-state index in [4.69, 9.17) is 5.11 Å². The van der Waals surface area contributed by atoms with Gasteiger partial charge in [-0.3, -0.25) is 19.7 Å². The molecule has 0 aliphatic carbocycles. The number of carbonyl (C=O) groups excluding carboxylic acids is 1. The molecule has 0 fully saturated rings. The summed E-state index contributed by atoms with van der Waals surface area (Å²) in [4.78, 5) is 32.4. The van der Waals surface area contributed by atoms with Crippen molar-refractivity contribution in [3.63, 3.8) is 0 Å². The van der Waals surface area contributed by atoms with Crippen LogP contribution >= 0.6 is 11.3 Å². The van der Waals surface area contributed by atoms with Crippen LogP contribution in [0.1, 0.15) is 21.0 Å². The third kappa shape index (κ3) is 3.52.